The van der Waals surface area contributed by atoms with E-state index in [0.29, 0.717) is 17.6 Å². The molecule has 56 heavy (non-hydrogen) atoms. The minimum atomic E-state index is 0.517. The zero-order valence-electron chi connectivity index (χ0n) is 29.7. The summed E-state index contributed by atoms with van der Waals surface area (Å²) in [6.07, 6.45) is 3.52. The molecule has 7 nitrogen and oxygen atoms in total. The standard InChI is InChI=1S/C49H28N4O3/c1-2-28-27-54-42-20-17-31(25-36(28)42)47-50-48(32-18-22-46-39(26-32)35-11-5-8-14-44(35)56-46)52-49(51-47)53-40-12-6-3-9-33(40)37-23-29(15-19-41(37)53)30-16-21-45-38(24-30)34-10-4-7-13-43(34)55-45/h2-27H,1H2. The average molecular weight is 721 g/mol. The molecule has 7 heteroatoms. The molecule has 12 aromatic rings. The SMILES string of the molecule is C=Cc1coc2ccc(-c3nc(-c4ccc5oc6ccccc6c5c4)nc(-n4c5ccccc5c5cc(-c6ccc7oc8ccccc8c7c6)ccc54)n3)cc12. The van der Waals surface area contributed by atoms with Crippen molar-refractivity contribution in [3.05, 3.63) is 164 Å². The Morgan fingerprint density at radius 1 is 0.429 bits per heavy atom. The van der Waals surface area contributed by atoms with Crippen molar-refractivity contribution in [3.8, 4) is 39.9 Å². The minimum absolute atomic E-state index is 0.517. The molecule has 262 valence electrons. The minimum Gasteiger partial charge on any atom is -0.464 e. The van der Waals surface area contributed by atoms with Crippen molar-refractivity contribution in [2.75, 3.05) is 0 Å². The summed E-state index contributed by atoms with van der Waals surface area (Å²) >= 11 is 0. The van der Waals surface area contributed by atoms with E-state index in [0.717, 1.165) is 104 Å². The van der Waals surface area contributed by atoms with E-state index in [-0.39, 0.29) is 0 Å². The van der Waals surface area contributed by atoms with Gasteiger partial charge in [0, 0.05) is 54.4 Å². The first-order valence-electron chi connectivity index (χ1n) is 18.4. The molecule has 0 aliphatic carbocycles. The van der Waals surface area contributed by atoms with Crippen molar-refractivity contribution in [2.24, 2.45) is 0 Å². The second-order valence-corrected chi connectivity index (χ2v) is 14.1. The van der Waals surface area contributed by atoms with E-state index in [4.69, 9.17) is 28.2 Å². The molecule has 0 spiro atoms. The Labute approximate surface area is 318 Å². The first-order valence-corrected chi connectivity index (χ1v) is 18.4. The van der Waals surface area contributed by atoms with Crippen LogP contribution in [0.15, 0.2) is 172 Å². The summed E-state index contributed by atoms with van der Waals surface area (Å²) in [5, 5.41) is 7.39. The van der Waals surface area contributed by atoms with Crippen LogP contribution in [-0.2, 0) is 0 Å². The molecule has 0 saturated carbocycles. The van der Waals surface area contributed by atoms with Crippen LogP contribution in [0.25, 0.3) is 123 Å². The zero-order valence-corrected chi connectivity index (χ0v) is 29.7. The van der Waals surface area contributed by atoms with Crippen LogP contribution in [0.2, 0.25) is 0 Å². The lowest BCUT2D eigenvalue weighted by atomic mass is 10.0. The fourth-order valence-electron chi connectivity index (χ4n) is 8.21. The normalized spacial score (nSPS) is 12.0. The van der Waals surface area contributed by atoms with Gasteiger partial charge in [0.15, 0.2) is 11.6 Å². The first kappa shape index (κ1) is 30.7. The van der Waals surface area contributed by atoms with E-state index in [1.54, 1.807) is 12.3 Å². The van der Waals surface area contributed by atoms with Crippen LogP contribution in [0, 0.1) is 0 Å². The van der Waals surface area contributed by atoms with Crippen molar-refractivity contribution in [1.29, 1.82) is 0 Å². The summed E-state index contributed by atoms with van der Waals surface area (Å²) in [6.45, 7) is 3.99. The van der Waals surface area contributed by atoms with Crippen molar-refractivity contribution in [2.45, 2.75) is 0 Å². The van der Waals surface area contributed by atoms with Gasteiger partial charge >= 0.3 is 0 Å². The number of benzene rings is 7. The van der Waals surface area contributed by atoms with Crippen LogP contribution < -0.4 is 0 Å². The number of aromatic nitrogens is 4. The molecular weight excluding hydrogens is 693 g/mol. The third-order valence-electron chi connectivity index (χ3n) is 10.9. The largest absolute Gasteiger partial charge is 0.464 e. The fraction of sp³-hybridized carbons (Fsp3) is 0. The highest BCUT2D eigenvalue weighted by Gasteiger charge is 2.20. The highest BCUT2D eigenvalue weighted by molar-refractivity contribution is 6.11. The predicted molar refractivity (Wildman–Crippen MR) is 225 cm³/mol. The summed E-state index contributed by atoms with van der Waals surface area (Å²) < 4.78 is 20.3. The molecule has 0 bridgehead atoms. The van der Waals surface area contributed by atoms with Crippen molar-refractivity contribution in [3.63, 3.8) is 0 Å². The van der Waals surface area contributed by atoms with Crippen LogP contribution in [0.3, 0.4) is 0 Å². The lowest BCUT2D eigenvalue weighted by Gasteiger charge is -2.11. The van der Waals surface area contributed by atoms with Gasteiger partial charge < -0.3 is 13.3 Å². The number of rotatable bonds is 5. The second kappa shape index (κ2) is 11.6. The van der Waals surface area contributed by atoms with Gasteiger partial charge in [-0.05, 0) is 90.0 Å². The van der Waals surface area contributed by atoms with Crippen molar-refractivity contribution < 1.29 is 13.3 Å². The molecule has 7 aromatic carbocycles. The van der Waals surface area contributed by atoms with E-state index in [2.05, 4.69) is 102 Å². The van der Waals surface area contributed by atoms with Crippen LogP contribution in [0.5, 0.6) is 0 Å². The highest BCUT2D eigenvalue weighted by atomic mass is 16.3. The number of fused-ring (bicyclic) bond motifs is 10. The van der Waals surface area contributed by atoms with Gasteiger partial charge in [-0.25, -0.2) is 4.98 Å². The monoisotopic (exact) mass is 720 g/mol. The van der Waals surface area contributed by atoms with Gasteiger partial charge in [0.2, 0.25) is 5.95 Å². The van der Waals surface area contributed by atoms with Gasteiger partial charge in [0.05, 0.1) is 17.3 Å². The molecule has 5 aromatic heterocycles. The van der Waals surface area contributed by atoms with Crippen LogP contribution in [0.1, 0.15) is 5.56 Å². The quantitative estimate of drug-likeness (QED) is 0.176. The van der Waals surface area contributed by atoms with Gasteiger partial charge in [0.25, 0.3) is 0 Å². The summed E-state index contributed by atoms with van der Waals surface area (Å²) in [4.78, 5) is 15.6. The molecule has 0 aliphatic rings. The van der Waals surface area contributed by atoms with Gasteiger partial charge in [-0.3, -0.25) is 4.57 Å². The number of para-hydroxylation sites is 3. The third-order valence-corrected chi connectivity index (χ3v) is 10.9. The maximum Gasteiger partial charge on any atom is 0.238 e. The van der Waals surface area contributed by atoms with Crippen LogP contribution >= 0.6 is 0 Å². The predicted octanol–water partition coefficient (Wildman–Crippen LogP) is 13.2. The Morgan fingerprint density at radius 2 is 0.929 bits per heavy atom. The summed E-state index contributed by atoms with van der Waals surface area (Å²) in [7, 11) is 0. The Hall–Kier alpha value is -7.77. The molecule has 0 radical (unpaired) electrons. The van der Waals surface area contributed by atoms with E-state index in [9.17, 15) is 0 Å². The average Bonchev–Trinajstić information content (AvgIpc) is 4.02. The number of nitrogens with zero attached hydrogens (tertiary/aromatic N) is 4. The van der Waals surface area contributed by atoms with Crippen molar-refractivity contribution >= 4 is 82.7 Å². The topological polar surface area (TPSA) is 83.0 Å². The smallest absolute Gasteiger partial charge is 0.238 e. The molecule has 0 aliphatic heterocycles. The molecule has 0 amide bonds. The van der Waals surface area contributed by atoms with Gasteiger partial charge in [-0.2, -0.15) is 9.97 Å². The number of hydrogen-bond donors (Lipinski definition) is 0. The summed E-state index contributed by atoms with van der Waals surface area (Å²) in [5.74, 6) is 1.61. The highest BCUT2D eigenvalue weighted by Crippen LogP contribution is 2.38. The maximum absolute atomic E-state index is 6.17. The van der Waals surface area contributed by atoms with E-state index < -0.39 is 0 Å². The van der Waals surface area contributed by atoms with E-state index >= 15 is 0 Å². The Kier molecular flexibility index (Phi) is 6.36. The number of furan rings is 3. The fourth-order valence-corrected chi connectivity index (χ4v) is 8.21. The van der Waals surface area contributed by atoms with Crippen molar-refractivity contribution in [1.82, 2.24) is 19.5 Å². The summed E-state index contributed by atoms with van der Waals surface area (Å²) in [6, 6.07) is 49.8. The lowest BCUT2D eigenvalue weighted by Crippen LogP contribution is -2.06. The maximum atomic E-state index is 6.17. The molecule has 5 heterocycles. The van der Waals surface area contributed by atoms with E-state index in [1.165, 1.54) is 0 Å². The molecular formula is C49H28N4O3. The van der Waals surface area contributed by atoms with Gasteiger partial charge in [0.1, 0.15) is 27.9 Å². The van der Waals surface area contributed by atoms with Gasteiger partial charge in [-0.15, -0.1) is 0 Å². The summed E-state index contributed by atoms with van der Waals surface area (Å²) in [5.41, 5.74) is 11.0. The Bertz CT molecular complexity index is 3580. The Balaban J connectivity index is 1.08. The zero-order chi connectivity index (χ0) is 36.9. The molecule has 0 unspecified atom stereocenters. The third kappa shape index (κ3) is 4.55. The molecule has 12 rings (SSSR count). The molecule has 0 atom stereocenters. The van der Waals surface area contributed by atoms with Gasteiger partial charge in [-0.1, -0.05) is 79.4 Å². The molecule has 0 N–H and O–H groups in total. The first-order chi connectivity index (χ1) is 27.7. The molecule has 0 fully saturated rings. The van der Waals surface area contributed by atoms with Crippen LogP contribution in [-0.4, -0.2) is 19.5 Å². The number of hydrogen-bond acceptors (Lipinski definition) is 6. The van der Waals surface area contributed by atoms with Crippen LogP contribution in [0.4, 0.5) is 0 Å². The second-order valence-electron chi connectivity index (χ2n) is 14.1. The molecule has 0 saturated heterocycles. The Morgan fingerprint density at radius 3 is 1.61 bits per heavy atom. The lowest BCUT2D eigenvalue weighted by molar-refractivity contribution is 0.615. The van der Waals surface area contributed by atoms with E-state index in [1.807, 2.05) is 54.6 Å².